The maximum Gasteiger partial charge on any atom is 0.459 e. The van der Waals surface area contributed by atoms with E-state index in [4.69, 9.17) is 30.7 Å². The number of aromatic nitrogens is 3. The lowest BCUT2D eigenvalue weighted by Crippen LogP contribution is -2.46. The number of rotatable bonds is 10. The first-order valence-corrected chi connectivity index (χ1v) is 14.0. The van der Waals surface area contributed by atoms with Crippen molar-refractivity contribution in [1.29, 1.82) is 5.26 Å². The Kier molecular flexibility index (Phi) is 8.38. The lowest BCUT2D eigenvalue weighted by atomic mass is 9.89. The Hall–Kier alpha value is -4.01. The van der Waals surface area contributed by atoms with Crippen molar-refractivity contribution in [1.82, 2.24) is 19.7 Å². The second-order valence-electron chi connectivity index (χ2n) is 9.55. The van der Waals surface area contributed by atoms with Crippen molar-refractivity contribution in [2.75, 3.05) is 12.3 Å². The summed E-state index contributed by atoms with van der Waals surface area (Å²) in [6.07, 6.45) is 2.63. The van der Waals surface area contributed by atoms with Gasteiger partial charge in [0.05, 0.1) is 11.8 Å². The normalized spacial score (nSPS) is 26.1. The summed E-state index contributed by atoms with van der Waals surface area (Å²) in [4.78, 5) is 16.3. The summed E-state index contributed by atoms with van der Waals surface area (Å²) < 4.78 is 37.5. The Labute approximate surface area is 235 Å². The van der Waals surface area contributed by atoms with E-state index in [1.54, 1.807) is 32.0 Å². The summed E-state index contributed by atoms with van der Waals surface area (Å²) in [7, 11) is -4.45. The summed E-state index contributed by atoms with van der Waals surface area (Å²) in [5, 5.41) is 39.0. The predicted octanol–water partition coefficient (Wildman–Crippen LogP) is 1.29. The number of carbonyl (C=O) groups excluding carboxylic acids is 1. The van der Waals surface area contributed by atoms with Crippen LogP contribution in [0, 0.1) is 23.7 Å². The number of aliphatic hydroxyl groups is 2. The second-order valence-corrected chi connectivity index (χ2v) is 11.2. The van der Waals surface area contributed by atoms with Crippen LogP contribution in [-0.2, 0) is 29.0 Å². The number of benzene rings is 1. The van der Waals surface area contributed by atoms with Gasteiger partial charge in [-0.15, -0.1) is 6.42 Å². The fourth-order valence-electron chi connectivity index (χ4n) is 4.26. The van der Waals surface area contributed by atoms with E-state index >= 15 is 0 Å². The molecule has 1 aliphatic rings. The van der Waals surface area contributed by atoms with Crippen LogP contribution in [0.3, 0.4) is 0 Å². The average molecular weight is 585 g/mol. The molecule has 5 N–H and O–H groups in total. The van der Waals surface area contributed by atoms with Crippen LogP contribution in [0.25, 0.3) is 5.52 Å². The Balaban J connectivity index is 1.67. The van der Waals surface area contributed by atoms with Gasteiger partial charge in [0.2, 0.25) is 5.60 Å². The van der Waals surface area contributed by atoms with E-state index in [1.165, 1.54) is 35.7 Å². The molecule has 6 atom stereocenters. The van der Waals surface area contributed by atoms with Gasteiger partial charge in [-0.3, -0.25) is 9.32 Å². The minimum atomic E-state index is -4.45. The van der Waals surface area contributed by atoms with Crippen molar-refractivity contribution in [2.24, 2.45) is 0 Å². The largest absolute Gasteiger partial charge is 0.462 e. The molecule has 0 spiro atoms. The number of para-hydroxylation sites is 1. The van der Waals surface area contributed by atoms with Gasteiger partial charge in [0.25, 0.3) is 0 Å². The Morgan fingerprint density at radius 3 is 2.61 bits per heavy atom. The van der Waals surface area contributed by atoms with Crippen molar-refractivity contribution in [3.05, 3.63) is 54.5 Å². The number of terminal acetylenes is 1. The van der Waals surface area contributed by atoms with Gasteiger partial charge in [0.1, 0.15) is 48.5 Å². The molecule has 14 nitrogen and oxygen atoms in total. The van der Waals surface area contributed by atoms with Gasteiger partial charge in [-0.25, -0.2) is 14.1 Å². The molecule has 2 aromatic heterocycles. The number of nitrogen functional groups attached to an aromatic ring is 1. The fraction of sp³-hybridized carbons (Fsp3) is 0.385. The van der Waals surface area contributed by atoms with Gasteiger partial charge < -0.3 is 29.9 Å². The van der Waals surface area contributed by atoms with Crippen molar-refractivity contribution in [3.63, 3.8) is 0 Å². The molecule has 2 unspecified atom stereocenters. The molecule has 4 rings (SSSR count). The molecule has 1 saturated heterocycles. The van der Waals surface area contributed by atoms with E-state index in [0.717, 1.165) is 6.33 Å². The highest BCUT2D eigenvalue weighted by atomic mass is 31.2. The molecule has 0 bridgehead atoms. The van der Waals surface area contributed by atoms with E-state index in [0.29, 0.717) is 5.52 Å². The molecule has 216 valence electrons. The van der Waals surface area contributed by atoms with Gasteiger partial charge in [-0.1, -0.05) is 24.1 Å². The van der Waals surface area contributed by atoms with Crippen LogP contribution in [0.4, 0.5) is 5.82 Å². The van der Waals surface area contributed by atoms with Crippen LogP contribution in [0.1, 0.15) is 26.5 Å². The zero-order valence-electron chi connectivity index (χ0n) is 22.4. The number of hydrogen-bond donors (Lipinski definition) is 4. The molecule has 15 heteroatoms. The van der Waals surface area contributed by atoms with Gasteiger partial charge >= 0.3 is 13.7 Å². The molecule has 41 heavy (non-hydrogen) atoms. The number of esters is 1. The third kappa shape index (κ3) is 5.62. The molecule has 0 aliphatic carbocycles. The van der Waals surface area contributed by atoms with Crippen LogP contribution < -0.4 is 15.3 Å². The molecule has 3 aromatic rings. The Morgan fingerprint density at radius 1 is 1.27 bits per heavy atom. The number of anilines is 1. The van der Waals surface area contributed by atoms with Crippen molar-refractivity contribution in [3.8, 4) is 24.2 Å². The Bertz CT molecular complexity index is 1550. The highest BCUT2D eigenvalue weighted by Gasteiger charge is 2.65. The topological polar surface area (TPSA) is 204 Å². The molecule has 3 heterocycles. The van der Waals surface area contributed by atoms with Gasteiger partial charge in [0.15, 0.2) is 11.4 Å². The molecule has 0 saturated carbocycles. The van der Waals surface area contributed by atoms with E-state index in [9.17, 15) is 24.8 Å². The van der Waals surface area contributed by atoms with Gasteiger partial charge in [0, 0.05) is 0 Å². The van der Waals surface area contributed by atoms with Crippen LogP contribution in [0.5, 0.6) is 5.75 Å². The number of carbonyl (C=O) groups is 1. The fourth-order valence-corrected chi connectivity index (χ4v) is 5.78. The number of ether oxygens (including phenoxy) is 2. The van der Waals surface area contributed by atoms with E-state index in [-0.39, 0.29) is 17.3 Å². The van der Waals surface area contributed by atoms with Gasteiger partial charge in [-0.05, 0) is 45.0 Å². The number of nitriles is 1. The van der Waals surface area contributed by atoms with Crippen LogP contribution >= 0.6 is 7.75 Å². The van der Waals surface area contributed by atoms with Crippen LogP contribution in [0.15, 0.2) is 48.8 Å². The molecule has 1 fully saturated rings. The van der Waals surface area contributed by atoms with Crippen molar-refractivity contribution < 1.29 is 38.1 Å². The number of nitrogens with one attached hydrogen (secondary N) is 1. The number of fused-ring (bicyclic) bond motifs is 1. The van der Waals surface area contributed by atoms with Crippen molar-refractivity contribution >= 4 is 25.1 Å². The maximum absolute atomic E-state index is 13.9. The zero-order chi connectivity index (χ0) is 30.0. The zero-order valence-corrected chi connectivity index (χ0v) is 23.3. The summed E-state index contributed by atoms with van der Waals surface area (Å²) in [5.41, 5.74) is 1.74. The second kappa shape index (κ2) is 11.5. The Morgan fingerprint density at radius 2 is 1.98 bits per heavy atom. The van der Waals surface area contributed by atoms with E-state index in [2.05, 4.69) is 21.1 Å². The molecule has 1 aliphatic heterocycles. The monoisotopic (exact) mass is 584 g/mol. The van der Waals surface area contributed by atoms with Crippen LogP contribution in [-0.4, -0.2) is 67.3 Å². The molecular weight excluding hydrogens is 555 g/mol. The molecule has 0 radical (unpaired) electrons. The first-order chi connectivity index (χ1) is 19.4. The summed E-state index contributed by atoms with van der Waals surface area (Å²) >= 11 is 0. The number of hydrogen-bond acceptors (Lipinski definition) is 12. The third-order valence-electron chi connectivity index (χ3n) is 6.28. The first-order valence-electron chi connectivity index (χ1n) is 12.4. The summed E-state index contributed by atoms with van der Waals surface area (Å²) in [5.74, 6) is 1.72. The third-order valence-corrected chi connectivity index (χ3v) is 7.91. The number of nitrogens with zero attached hydrogens (tertiary/aromatic N) is 4. The average Bonchev–Trinajstić information content (AvgIpc) is 3.47. The van der Waals surface area contributed by atoms with Gasteiger partial charge in [-0.2, -0.15) is 15.4 Å². The quantitative estimate of drug-likeness (QED) is 0.151. The van der Waals surface area contributed by atoms with E-state index in [1.807, 2.05) is 6.07 Å². The van der Waals surface area contributed by atoms with E-state index < -0.39 is 55.9 Å². The van der Waals surface area contributed by atoms with Crippen molar-refractivity contribution in [2.45, 2.75) is 56.3 Å². The lowest BCUT2D eigenvalue weighted by Gasteiger charge is -2.30. The number of aliphatic hydroxyl groups excluding tert-OH is 2. The molecule has 1 aromatic carbocycles. The minimum Gasteiger partial charge on any atom is -0.462 e. The maximum atomic E-state index is 13.9. The SMILES string of the molecule is C#C[C@]1(CO[P@@](=O)(N[C@@H](C)C(=O)OC(C)C)Oc2ccccc2)O[C@@](C#N)(c2ccc3c(N)ncnn23)C(O)C1O. The number of nitrogens with two attached hydrogens (primary N) is 1. The predicted molar refractivity (Wildman–Crippen MR) is 144 cm³/mol. The summed E-state index contributed by atoms with van der Waals surface area (Å²) in [6.45, 7) is 3.85. The highest BCUT2D eigenvalue weighted by Crippen LogP contribution is 2.50. The standard InChI is InChI=1S/C26H29N6O8P/c1-5-25(14-37-41(36,39-18-9-7-6-8-10-18)31-17(4)24(35)38-16(2)3)21(33)22(34)26(13-27,40-25)20-12-11-19-23(28)29-15-30-32(19)20/h1,6-12,15-17,21-22,33-34H,14H2,2-4H3,(H,31,36)(H2,28,29,30)/t17-,21?,22?,25+,26-,41-/m0/s1. The minimum absolute atomic E-state index is 0.000304. The lowest BCUT2D eigenvalue weighted by molar-refractivity contribution is -0.149. The smallest absolute Gasteiger partial charge is 0.459 e. The van der Waals surface area contributed by atoms with Crippen LogP contribution in [0.2, 0.25) is 0 Å². The molecule has 0 amide bonds. The highest BCUT2D eigenvalue weighted by molar-refractivity contribution is 7.52. The summed E-state index contributed by atoms with van der Waals surface area (Å²) in [6, 6.07) is 11.6. The molecular formula is C26H29N6O8P. The first kappa shape index (κ1) is 30.0.